The van der Waals surface area contributed by atoms with Crippen LogP contribution in [0, 0.1) is 6.92 Å². The minimum absolute atomic E-state index is 0.00330. The monoisotopic (exact) mass is 341 g/mol. The Morgan fingerprint density at radius 1 is 1.24 bits per heavy atom. The maximum absolute atomic E-state index is 12.4. The molecule has 128 valence electrons. The number of hydrogen-bond acceptors (Lipinski definition) is 4. The zero-order valence-electron chi connectivity index (χ0n) is 13.3. The maximum atomic E-state index is 12.4. The summed E-state index contributed by atoms with van der Waals surface area (Å²) in [5.41, 5.74) is 1.78. The lowest BCUT2D eigenvalue weighted by Crippen LogP contribution is -2.35. The average molecular weight is 341 g/mol. The molecule has 0 aliphatic carbocycles. The van der Waals surface area contributed by atoms with Gasteiger partial charge in [-0.05, 0) is 36.2 Å². The Balaban J connectivity index is 1.84. The van der Waals surface area contributed by atoms with Crippen LogP contribution in [-0.4, -0.2) is 27.1 Å². The molecule has 1 heterocycles. The summed E-state index contributed by atoms with van der Waals surface area (Å²) in [6.45, 7) is 2.21. The van der Waals surface area contributed by atoms with Gasteiger partial charge in [-0.1, -0.05) is 24.3 Å². The first-order valence-corrected chi connectivity index (χ1v) is 7.44. The zero-order chi connectivity index (χ0) is 18.0. The van der Waals surface area contributed by atoms with Crippen molar-refractivity contribution in [1.82, 2.24) is 15.1 Å². The molecule has 25 heavy (non-hydrogen) atoms. The summed E-state index contributed by atoms with van der Waals surface area (Å²) < 4.78 is 5.36. The fourth-order valence-electron chi connectivity index (χ4n) is 2.46. The lowest BCUT2D eigenvalue weighted by molar-refractivity contribution is 0.144. The highest BCUT2D eigenvalue weighted by molar-refractivity contribution is 5.85. The minimum Gasteiger partial charge on any atom is -0.449 e. The number of rotatable bonds is 3. The molecule has 0 saturated carbocycles. The third-order valence-corrected chi connectivity index (χ3v) is 3.76. The van der Waals surface area contributed by atoms with Crippen molar-refractivity contribution in [3.05, 3.63) is 63.9 Å². The molecule has 0 aliphatic heterocycles. The van der Waals surface area contributed by atoms with Gasteiger partial charge < -0.3 is 15.2 Å². The normalized spacial score (nSPS) is 10.6. The van der Waals surface area contributed by atoms with Crippen molar-refractivity contribution in [2.45, 2.75) is 13.5 Å². The van der Waals surface area contributed by atoms with Crippen LogP contribution in [0.1, 0.15) is 11.1 Å². The van der Waals surface area contributed by atoms with Crippen molar-refractivity contribution < 1.29 is 19.4 Å². The van der Waals surface area contributed by atoms with E-state index in [4.69, 9.17) is 5.11 Å². The number of aromatic nitrogens is 2. The van der Waals surface area contributed by atoms with E-state index in [9.17, 15) is 14.4 Å². The largest absolute Gasteiger partial charge is 0.511 e. The van der Waals surface area contributed by atoms with E-state index in [0.29, 0.717) is 5.52 Å². The van der Waals surface area contributed by atoms with Crippen LogP contribution >= 0.6 is 0 Å². The summed E-state index contributed by atoms with van der Waals surface area (Å²) in [5, 5.41) is 14.1. The SMILES string of the molecule is Cc1ccccc1CNC(=O)n1[nH]c2ccc(OC(=O)O)cc2c1=O. The maximum Gasteiger partial charge on any atom is 0.511 e. The molecule has 8 heteroatoms. The topological polar surface area (TPSA) is 113 Å². The quantitative estimate of drug-likeness (QED) is 0.500. The summed E-state index contributed by atoms with van der Waals surface area (Å²) >= 11 is 0. The number of aromatic amines is 1. The highest BCUT2D eigenvalue weighted by Gasteiger charge is 2.14. The average Bonchev–Trinajstić information content (AvgIpc) is 2.90. The Hall–Kier alpha value is -3.55. The van der Waals surface area contributed by atoms with Crippen molar-refractivity contribution in [3.8, 4) is 5.75 Å². The second-order valence-corrected chi connectivity index (χ2v) is 5.41. The molecule has 3 N–H and O–H groups in total. The van der Waals surface area contributed by atoms with Gasteiger partial charge >= 0.3 is 12.2 Å². The van der Waals surface area contributed by atoms with E-state index in [1.165, 1.54) is 18.2 Å². The second-order valence-electron chi connectivity index (χ2n) is 5.41. The van der Waals surface area contributed by atoms with Gasteiger partial charge in [-0.25, -0.2) is 9.59 Å². The molecule has 0 spiro atoms. The fraction of sp³-hybridized carbons (Fsp3) is 0.118. The molecule has 8 nitrogen and oxygen atoms in total. The number of carboxylic acid groups (broad SMARTS) is 1. The number of carbonyl (C=O) groups excluding carboxylic acids is 1. The lowest BCUT2D eigenvalue weighted by Gasteiger charge is -2.07. The van der Waals surface area contributed by atoms with Gasteiger partial charge in [0.05, 0.1) is 10.9 Å². The Morgan fingerprint density at radius 2 is 2.00 bits per heavy atom. The molecule has 0 unspecified atom stereocenters. The van der Waals surface area contributed by atoms with Gasteiger partial charge in [-0.15, -0.1) is 0 Å². The van der Waals surface area contributed by atoms with Crippen molar-refractivity contribution in [2.75, 3.05) is 0 Å². The molecule has 0 saturated heterocycles. The molecule has 0 aliphatic rings. The van der Waals surface area contributed by atoms with Gasteiger partial charge in [-0.3, -0.25) is 9.89 Å². The van der Waals surface area contributed by atoms with Gasteiger partial charge in [0.25, 0.3) is 5.56 Å². The molecule has 3 aromatic rings. The number of amides is 1. The van der Waals surface area contributed by atoms with Gasteiger partial charge in [-0.2, -0.15) is 4.68 Å². The number of fused-ring (bicyclic) bond motifs is 1. The first kappa shape index (κ1) is 16.3. The summed E-state index contributed by atoms with van der Waals surface area (Å²) in [7, 11) is 0. The molecule has 0 fully saturated rings. The minimum atomic E-state index is -1.48. The number of hydrogen-bond donors (Lipinski definition) is 3. The van der Waals surface area contributed by atoms with Crippen molar-refractivity contribution in [1.29, 1.82) is 0 Å². The third kappa shape index (κ3) is 3.37. The highest BCUT2D eigenvalue weighted by atomic mass is 16.7. The van der Waals surface area contributed by atoms with Crippen LogP contribution in [0.25, 0.3) is 10.9 Å². The number of aryl methyl sites for hydroxylation is 1. The zero-order valence-corrected chi connectivity index (χ0v) is 13.3. The van der Waals surface area contributed by atoms with E-state index in [2.05, 4.69) is 15.2 Å². The van der Waals surface area contributed by atoms with E-state index < -0.39 is 17.7 Å². The first-order valence-electron chi connectivity index (χ1n) is 7.44. The molecular weight excluding hydrogens is 326 g/mol. The Labute approximate surface area is 141 Å². The third-order valence-electron chi connectivity index (χ3n) is 3.76. The van der Waals surface area contributed by atoms with Gasteiger partial charge in [0.1, 0.15) is 5.75 Å². The molecule has 0 radical (unpaired) electrons. The highest BCUT2D eigenvalue weighted by Crippen LogP contribution is 2.17. The van der Waals surface area contributed by atoms with Crippen LogP contribution in [-0.2, 0) is 6.54 Å². The fourth-order valence-corrected chi connectivity index (χ4v) is 2.46. The Kier molecular flexibility index (Phi) is 4.25. The van der Waals surface area contributed by atoms with Crippen molar-refractivity contribution in [3.63, 3.8) is 0 Å². The summed E-state index contributed by atoms with van der Waals surface area (Å²) in [6, 6.07) is 11.1. The first-order chi connectivity index (χ1) is 12.0. The molecule has 3 rings (SSSR count). The summed E-state index contributed by atoms with van der Waals surface area (Å²) in [4.78, 5) is 35.2. The number of ether oxygens (including phenoxy) is 1. The van der Waals surface area contributed by atoms with Crippen LogP contribution < -0.4 is 15.6 Å². The van der Waals surface area contributed by atoms with Crippen LogP contribution in [0.3, 0.4) is 0 Å². The summed E-state index contributed by atoms with van der Waals surface area (Å²) in [6.07, 6.45) is -1.48. The Morgan fingerprint density at radius 3 is 2.72 bits per heavy atom. The van der Waals surface area contributed by atoms with Crippen LogP contribution in [0.4, 0.5) is 9.59 Å². The molecule has 1 amide bonds. The Bertz CT molecular complexity index is 1020. The van der Waals surface area contributed by atoms with E-state index in [0.717, 1.165) is 15.8 Å². The lowest BCUT2D eigenvalue weighted by atomic mass is 10.1. The van der Waals surface area contributed by atoms with Gasteiger partial charge in [0.15, 0.2) is 0 Å². The second kappa shape index (κ2) is 6.52. The standard InChI is InChI=1S/C17H15N3O5/c1-10-4-2-3-5-11(10)9-18-16(22)20-15(21)13-8-12(25-17(23)24)6-7-14(13)19-20/h2-8,19H,9H2,1H3,(H,18,22)(H,23,24). The van der Waals surface area contributed by atoms with Crippen molar-refractivity contribution in [2.24, 2.45) is 0 Å². The van der Waals surface area contributed by atoms with Gasteiger partial charge in [0.2, 0.25) is 0 Å². The van der Waals surface area contributed by atoms with E-state index in [1.807, 2.05) is 31.2 Å². The summed E-state index contributed by atoms with van der Waals surface area (Å²) in [5.74, 6) is 0.00330. The molecule has 2 aromatic carbocycles. The number of benzene rings is 2. The van der Waals surface area contributed by atoms with E-state index in [-0.39, 0.29) is 17.7 Å². The van der Waals surface area contributed by atoms with Crippen LogP contribution in [0.15, 0.2) is 47.3 Å². The predicted molar refractivity (Wildman–Crippen MR) is 90.0 cm³/mol. The number of nitrogens with zero attached hydrogens (tertiary/aromatic N) is 1. The predicted octanol–water partition coefficient (Wildman–Crippen LogP) is 2.45. The number of H-pyrrole nitrogens is 1. The van der Waals surface area contributed by atoms with Gasteiger partial charge in [0, 0.05) is 6.54 Å². The number of carbonyl (C=O) groups is 2. The van der Waals surface area contributed by atoms with Crippen LogP contribution in [0.2, 0.25) is 0 Å². The van der Waals surface area contributed by atoms with Crippen molar-refractivity contribution >= 4 is 23.1 Å². The van der Waals surface area contributed by atoms with Crippen LogP contribution in [0.5, 0.6) is 5.75 Å². The van der Waals surface area contributed by atoms with E-state index in [1.54, 1.807) is 0 Å². The molecule has 0 atom stereocenters. The van der Waals surface area contributed by atoms with E-state index >= 15 is 0 Å². The molecular formula is C17H15N3O5. The molecule has 1 aromatic heterocycles. The number of nitrogens with one attached hydrogen (secondary N) is 2. The smallest absolute Gasteiger partial charge is 0.449 e. The molecule has 0 bridgehead atoms.